The van der Waals surface area contributed by atoms with E-state index in [0.717, 1.165) is 17.7 Å². The number of aromatic nitrogens is 5. The van der Waals surface area contributed by atoms with Crippen molar-refractivity contribution in [1.29, 1.82) is 0 Å². The van der Waals surface area contributed by atoms with E-state index in [4.69, 9.17) is 4.74 Å². The van der Waals surface area contributed by atoms with Gasteiger partial charge >= 0.3 is 5.97 Å². The summed E-state index contributed by atoms with van der Waals surface area (Å²) in [7, 11) is 1.36. The average Bonchev–Trinajstić information content (AvgIpc) is 3.44. The van der Waals surface area contributed by atoms with Gasteiger partial charge in [0.1, 0.15) is 5.69 Å². The van der Waals surface area contributed by atoms with Crippen LogP contribution in [0.25, 0.3) is 5.69 Å². The zero-order chi connectivity index (χ0) is 22.7. The van der Waals surface area contributed by atoms with Crippen LogP contribution in [0.4, 0.5) is 5.95 Å². The predicted octanol–water partition coefficient (Wildman–Crippen LogP) is 2.00. The van der Waals surface area contributed by atoms with Gasteiger partial charge in [0.15, 0.2) is 0 Å². The Balaban J connectivity index is 1.51. The molecule has 3 aromatic rings. The maximum atomic E-state index is 13.3. The Morgan fingerprint density at radius 3 is 2.50 bits per heavy atom. The zero-order valence-corrected chi connectivity index (χ0v) is 18.5. The van der Waals surface area contributed by atoms with Gasteiger partial charge in [-0.15, -0.1) is 0 Å². The number of hydrogen-bond acceptors (Lipinski definition) is 7. The molecule has 2 aromatic heterocycles. The highest BCUT2D eigenvalue weighted by Crippen LogP contribution is 2.24. The predicted molar refractivity (Wildman–Crippen MR) is 118 cm³/mol. The molecule has 10 nitrogen and oxygen atoms in total. The number of nitrogens with zero attached hydrogens (tertiary/aromatic N) is 6. The van der Waals surface area contributed by atoms with E-state index in [1.807, 2.05) is 37.3 Å². The molecule has 0 radical (unpaired) electrons. The molecule has 32 heavy (non-hydrogen) atoms. The lowest BCUT2D eigenvalue weighted by molar-refractivity contribution is 0.0599. The number of tetrazole rings is 1. The smallest absolute Gasteiger partial charge is 0.339 e. The van der Waals surface area contributed by atoms with E-state index < -0.39 is 5.97 Å². The van der Waals surface area contributed by atoms with Gasteiger partial charge in [-0.3, -0.25) is 4.79 Å². The third-order valence-corrected chi connectivity index (χ3v) is 5.70. The first-order chi connectivity index (χ1) is 15.5. The Morgan fingerprint density at radius 1 is 1.12 bits per heavy atom. The van der Waals surface area contributed by atoms with Gasteiger partial charge in [-0.1, -0.05) is 36.6 Å². The van der Waals surface area contributed by atoms with Gasteiger partial charge in [-0.2, -0.15) is 4.68 Å². The minimum Gasteiger partial charge on any atom is -0.465 e. The number of para-hydroxylation sites is 1. The first-order valence-corrected chi connectivity index (χ1v) is 10.7. The van der Waals surface area contributed by atoms with E-state index in [2.05, 4.69) is 25.4 Å². The third kappa shape index (κ3) is 3.95. The number of hydrogen-bond donors (Lipinski definition) is 1. The van der Waals surface area contributed by atoms with Crippen LogP contribution < -0.4 is 4.90 Å². The molecule has 0 spiro atoms. The van der Waals surface area contributed by atoms with Crippen molar-refractivity contribution >= 4 is 17.8 Å². The van der Waals surface area contributed by atoms with Gasteiger partial charge in [0.05, 0.1) is 18.4 Å². The molecular weight excluding hydrogens is 410 g/mol. The van der Waals surface area contributed by atoms with Gasteiger partial charge < -0.3 is 19.5 Å². The number of ether oxygens (including phenoxy) is 1. The molecule has 1 aromatic carbocycles. The van der Waals surface area contributed by atoms with Crippen LogP contribution in [0.2, 0.25) is 0 Å². The van der Waals surface area contributed by atoms with Crippen molar-refractivity contribution in [1.82, 2.24) is 30.1 Å². The third-order valence-electron chi connectivity index (χ3n) is 5.70. The van der Waals surface area contributed by atoms with E-state index in [-0.39, 0.29) is 5.91 Å². The molecule has 1 aliphatic heterocycles. The molecule has 1 N–H and O–H groups in total. The van der Waals surface area contributed by atoms with Crippen LogP contribution in [0.5, 0.6) is 0 Å². The Hall–Kier alpha value is -3.69. The van der Waals surface area contributed by atoms with Crippen LogP contribution in [0, 0.1) is 6.92 Å². The van der Waals surface area contributed by atoms with Crippen molar-refractivity contribution in [2.45, 2.75) is 26.7 Å². The van der Waals surface area contributed by atoms with Crippen LogP contribution in [-0.4, -0.2) is 75.3 Å². The van der Waals surface area contributed by atoms with Gasteiger partial charge in [0.2, 0.25) is 5.95 Å². The number of aryl methyl sites for hydroxylation is 1. The number of nitrogens with one attached hydrogen (secondary N) is 1. The minimum atomic E-state index is -0.418. The number of benzene rings is 1. The summed E-state index contributed by atoms with van der Waals surface area (Å²) < 4.78 is 6.64. The molecule has 4 rings (SSSR count). The number of H-pyrrole nitrogens is 1. The summed E-state index contributed by atoms with van der Waals surface area (Å²) in [6.07, 6.45) is 1.44. The zero-order valence-electron chi connectivity index (χ0n) is 18.5. The van der Waals surface area contributed by atoms with Crippen molar-refractivity contribution < 1.29 is 14.3 Å². The molecule has 3 heterocycles. The molecule has 0 saturated carbocycles. The molecule has 1 saturated heterocycles. The molecule has 1 fully saturated rings. The number of piperazine rings is 1. The number of anilines is 1. The van der Waals surface area contributed by atoms with E-state index in [0.29, 0.717) is 55.5 Å². The molecule has 1 amide bonds. The average molecular weight is 438 g/mol. The lowest BCUT2D eigenvalue weighted by atomic mass is 10.0. The highest BCUT2D eigenvalue weighted by atomic mass is 16.5. The maximum Gasteiger partial charge on any atom is 0.339 e. The van der Waals surface area contributed by atoms with Crippen molar-refractivity contribution in [2.24, 2.45) is 0 Å². The maximum absolute atomic E-state index is 13.3. The molecular formula is C22H27N7O3. The van der Waals surface area contributed by atoms with Crippen molar-refractivity contribution in [3.63, 3.8) is 0 Å². The van der Waals surface area contributed by atoms with Crippen molar-refractivity contribution in [2.75, 3.05) is 38.2 Å². The number of amides is 1. The number of carbonyl (C=O) groups excluding carboxylic acids is 2. The molecule has 10 heteroatoms. The Morgan fingerprint density at radius 2 is 1.84 bits per heavy atom. The number of aromatic amines is 1. The topological polar surface area (TPSA) is 109 Å². The Labute approximate surface area is 186 Å². The number of carbonyl (C=O) groups is 2. The summed E-state index contributed by atoms with van der Waals surface area (Å²) in [6.45, 7) is 6.07. The fourth-order valence-corrected chi connectivity index (χ4v) is 4.12. The highest BCUT2D eigenvalue weighted by molar-refractivity contribution is 6.00. The van der Waals surface area contributed by atoms with Gasteiger partial charge in [-0.05, 0) is 41.5 Å². The second kappa shape index (κ2) is 9.21. The molecule has 168 valence electrons. The first kappa shape index (κ1) is 21.5. The van der Waals surface area contributed by atoms with Gasteiger partial charge in [-0.25, -0.2) is 4.79 Å². The van der Waals surface area contributed by atoms with Crippen molar-refractivity contribution in [3.8, 4) is 5.69 Å². The van der Waals surface area contributed by atoms with Crippen LogP contribution >= 0.6 is 0 Å². The summed E-state index contributed by atoms with van der Waals surface area (Å²) in [4.78, 5) is 32.6. The monoisotopic (exact) mass is 437 g/mol. The first-order valence-electron chi connectivity index (χ1n) is 10.7. The normalized spacial score (nSPS) is 14.0. The number of rotatable bonds is 6. The lowest BCUT2D eigenvalue weighted by Crippen LogP contribution is -2.49. The second-order valence-electron chi connectivity index (χ2n) is 7.73. The number of methoxy groups -OCH3 is 1. The highest BCUT2D eigenvalue weighted by Gasteiger charge is 2.30. The fourth-order valence-electron chi connectivity index (χ4n) is 4.12. The fraction of sp³-hybridized carbons (Fsp3) is 0.409. The van der Waals surface area contributed by atoms with E-state index in [1.54, 1.807) is 16.5 Å². The van der Waals surface area contributed by atoms with Gasteiger partial charge in [0.25, 0.3) is 5.91 Å². The summed E-state index contributed by atoms with van der Waals surface area (Å²) in [5, 5.41) is 12.1. The van der Waals surface area contributed by atoms with E-state index >= 15 is 0 Å². The van der Waals surface area contributed by atoms with Crippen LogP contribution in [0.3, 0.4) is 0 Å². The Kier molecular flexibility index (Phi) is 6.20. The number of esters is 1. The molecule has 0 bridgehead atoms. The molecule has 0 aliphatic carbocycles. The lowest BCUT2D eigenvalue weighted by Gasteiger charge is -2.34. The molecule has 1 aliphatic rings. The van der Waals surface area contributed by atoms with E-state index in [1.165, 1.54) is 7.11 Å². The Bertz CT molecular complexity index is 1100. The molecule has 0 atom stereocenters. The summed E-state index contributed by atoms with van der Waals surface area (Å²) in [6, 6.07) is 9.71. The summed E-state index contributed by atoms with van der Waals surface area (Å²) >= 11 is 0. The van der Waals surface area contributed by atoms with Crippen LogP contribution in [-0.2, 0) is 11.2 Å². The van der Waals surface area contributed by atoms with E-state index in [9.17, 15) is 9.59 Å². The second-order valence-corrected chi connectivity index (χ2v) is 7.73. The van der Waals surface area contributed by atoms with Crippen molar-refractivity contribution in [3.05, 3.63) is 52.8 Å². The quantitative estimate of drug-likeness (QED) is 0.588. The van der Waals surface area contributed by atoms with Crippen LogP contribution in [0.1, 0.15) is 45.4 Å². The largest absolute Gasteiger partial charge is 0.465 e. The van der Waals surface area contributed by atoms with Gasteiger partial charge in [0, 0.05) is 31.9 Å². The summed E-state index contributed by atoms with van der Waals surface area (Å²) in [5.74, 6) is 0.131. The SMILES string of the molecule is CCCc1c(C(=O)N2CCN(c3nnnn3-c3ccccc3)CC2)[nH]c(C)c1C(=O)OC. The summed E-state index contributed by atoms with van der Waals surface area (Å²) in [5.41, 5.74) is 3.22. The van der Waals surface area contributed by atoms with Crippen LogP contribution in [0.15, 0.2) is 30.3 Å². The standard InChI is InChI=1S/C22H27N7O3/c1-4-8-17-18(21(31)32-3)15(2)23-19(17)20(30)27-11-13-28(14-12-27)22-24-25-26-29(22)16-9-6-5-7-10-16/h5-7,9-10,23H,4,8,11-14H2,1-3H3. The molecule has 0 unspecified atom stereocenters. The minimum absolute atomic E-state index is 0.103.